The lowest BCUT2D eigenvalue weighted by Crippen LogP contribution is -2.37. The maximum absolute atomic E-state index is 4.42. The molecule has 3 heterocycles. The van der Waals surface area contributed by atoms with E-state index < -0.39 is 0 Å². The Hall–Kier alpha value is -1.16. The molecule has 0 atom stereocenters. The van der Waals surface area contributed by atoms with Crippen molar-refractivity contribution in [2.24, 2.45) is 0 Å². The minimum absolute atomic E-state index is 1.13. The van der Waals surface area contributed by atoms with E-state index in [1.807, 2.05) is 0 Å². The molecule has 1 aliphatic rings. The SMILES string of the molecule is Cc1sc2ncnc(N3CCC3)c2c1C. The van der Waals surface area contributed by atoms with Gasteiger partial charge in [0, 0.05) is 18.0 Å². The van der Waals surface area contributed by atoms with E-state index in [-0.39, 0.29) is 0 Å². The van der Waals surface area contributed by atoms with Gasteiger partial charge in [-0.3, -0.25) is 0 Å². The van der Waals surface area contributed by atoms with Gasteiger partial charge in [0.05, 0.1) is 5.39 Å². The molecule has 0 amide bonds. The molecule has 0 radical (unpaired) electrons. The van der Waals surface area contributed by atoms with Crippen molar-refractivity contribution in [2.75, 3.05) is 18.0 Å². The number of hydrogen-bond donors (Lipinski definition) is 0. The molecule has 0 aliphatic carbocycles. The molecule has 3 rings (SSSR count). The van der Waals surface area contributed by atoms with Crippen LogP contribution in [0.1, 0.15) is 16.9 Å². The van der Waals surface area contributed by atoms with Crippen LogP contribution in [0.15, 0.2) is 6.33 Å². The lowest BCUT2D eigenvalue weighted by Gasteiger charge is -2.32. The van der Waals surface area contributed by atoms with Gasteiger partial charge in [0.1, 0.15) is 17.0 Å². The highest BCUT2D eigenvalue weighted by molar-refractivity contribution is 7.18. The molecule has 1 fully saturated rings. The van der Waals surface area contributed by atoms with Crippen LogP contribution in [0.25, 0.3) is 10.2 Å². The first-order valence-electron chi connectivity index (χ1n) is 5.23. The van der Waals surface area contributed by atoms with E-state index in [2.05, 4.69) is 28.7 Å². The molecule has 4 heteroatoms. The molecular weight excluding hydrogens is 206 g/mol. The first-order chi connectivity index (χ1) is 7.27. The van der Waals surface area contributed by atoms with Crippen LogP contribution in [0, 0.1) is 13.8 Å². The summed E-state index contributed by atoms with van der Waals surface area (Å²) in [5, 5.41) is 1.26. The van der Waals surface area contributed by atoms with Gasteiger partial charge in [-0.25, -0.2) is 9.97 Å². The zero-order chi connectivity index (χ0) is 10.4. The minimum Gasteiger partial charge on any atom is -0.356 e. The highest BCUT2D eigenvalue weighted by Crippen LogP contribution is 2.35. The van der Waals surface area contributed by atoms with Crippen LogP contribution in [0.2, 0.25) is 0 Å². The third kappa shape index (κ3) is 1.24. The van der Waals surface area contributed by atoms with Crippen LogP contribution in [-0.2, 0) is 0 Å². The zero-order valence-electron chi connectivity index (χ0n) is 8.95. The third-order valence-corrected chi connectivity index (χ3v) is 4.22. The van der Waals surface area contributed by atoms with Gasteiger partial charge in [0.15, 0.2) is 0 Å². The summed E-state index contributed by atoms with van der Waals surface area (Å²) in [5.74, 6) is 1.13. The van der Waals surface area contributed by atoms with Crippen molar-refractivity contribution in [2.45, 2.75) is 20.3 Å². The van der Waals surface area contributed by atoms with Gasteiger partial charge in [0.2, 0.25) is 0 Å². The van der Waals surface area contributed by atoms with Gasteiger partial charge in [-0.1, -0.05) is 0 Å². The molecule has 0 N–H and O–H groups in total. The largest absolute Gasteiger partial charge is 0.356 e. The summed E-state index contributed by atoms with van der Waals surface area (Å²) in [6, 6.07) is 0. The number of anilines is 1. The Balaban J connectivity index is 2.27. The standard InChI is InChI=1S/C11H13N3S/c1-7-8(2)15-11-9(7)10(12-6-13-11)14-4-3-5-14/h6H,3-5H2,1-2H3. The van der Waals surface area contributed by atoms with E-state index in [0.717, 1.165) is 23.7 Å². The van der Waals surface area contributed by atoms with E-state index in [1.165, 1.54) is 22.2 Å². The lowest BCUT2D eigenvalue weighted by atomic mass is 10.1. The first-order valence-corrected chi connectivity index (χ1v) is 6.04. The summed E-state index contributed by atoms with van der Waals surface area (Å²) in [4.78, 5) is 13.6. The number of thiophene rings is 1. The fourth-order valence-electron chi connectivity index (χ4n) is 1.93. The lowest BCUT2D eigenvalue weighted by molar-refractivity contribution is 0.611. The van der Waals surface area contributed by atoms with Gasteiger partial charge >= 0.3 is 0 Å². The van der Waals surface area contributed by atoms with Crippen molar-refractivity contribution >= 4 is 27.4 Å². The molecule has 2 aromatic rings. The number of rotatable bonds is 1. The minimum atomic E-state index is 1.13. The maximum Gasteiger partial charge on any atom is 0.141 e. The highest BCUT2D eigenvalue weighted by atomic mass is 32.1. The van der Waals surface area contributed by atoms with E-state index in [0.29, 0.717) is 0 Å². The fraction of sp³-hybridized carbons (Fsp3) is 0.455. The van der Waals surface area contributed by atoms with Crippen LogP contribution >= 0.6 is 11.3 Å². The van der Waals surface area contributed by atoms with Crippen molar-refractivity contribution in [3.63, 3.8) is 0 Å². The molecule has 0 unspecified atom stereocenters. The zero-order valence-corrected chi connectivity index (χ0v) is 9.77. The second-order valence-electron chi connectivity index (χ2n) is 4.00. The van der Waals surface area contributed by atoms with Crippen molar-refractivity contribution in [3.05, 3.63) is 16.8 Å². The molecule has 15 heavy (non-hydrogen) atoms. The Morgan fingerprint density at radius 2 is 2.07 bits per heavy atom. The van der Waals surface area contributed by atoms with Crippen molar-refractivity contribution < 1.29 is 0 Å². The Kier molecular flexibility index (Phi) is 1.92. The Bertz CT molecular complexity index is 514. The summed E-state index contributed by atoms with van der Waals surface area (Å²) in [5.41, 5.74) is 1.34. The molecule has 78 valence electrons. The van der Waals surface area contributed by atoms with Crippen LogP contribution in [0.3, 0.4) is 0 Å². The Labute approximate surface area is 92.8 Å². The van der Waals surface area contributed by atoms with E-state index in [4.69, 9.17) is 0 Å². The molecule has 0 aromatic carbocycles. The summed E-state index contributed by atoms with van der Waals surface area (Å²) in [6.07, 6.45) is 2.97. The van der Waals surface area contributed by atoms with Crippen molar-refractivity contribution in [1.29, 1.82) is 0 Å². The molecule has 3 nitrogen and oxygen atoms in total. The molecule has 2 aromatic heterocycles. The van der Waals surface area contributed by atoms with Crippen molar-refractivity contribution in [3.8, 4) is 0 Å². The number of aromatic nitrogens is 2. The monoisotopic (exact) mass is 219 g/mol. The maximum atomic E-state index is 4.42. The Morgan fingerprint density at radius 1 is 1.27 bits per heavy atom. The van der Waals surface area contributed by atoms with Crippen LogP contribution in [-0.4, -0.2) is 23.1 Å². The molecule has 1 saturated heterocycles. The van der Waals surface area contributed by atoms with Crippen LogP contribution in [0.4, 0.5) is 5.82 Å². The van der Waals surface area contributed by atoms with E-state index >= 15 is 0 Å². The van der Waals surface area contributed by atoms with Gasteiger partial charge < -0.3 is 4.90 Å². The van der Waals surface area contributed by atoms with E-state index in [1.54, 1.807) is 17.7 Å². The fourth-order valence-corrected chi connectivity index (χ4v) is 2.92. The molecule has 0 bridgehead atoms. The molecular formula is C11H13N3S. The van der Waals surface area contributed by atoms with Gasteiger partial charge in [-0.15, -0.1) is 11.3 Å². The smallest absolute Gasteiger partial charge is 0.141 e. The topological polar surface area (TPSA) is 29.0 Å². The normalized spacial score (nSPS) is 15.7. The third-order valence-electron chi connectivity index (χ3n) is 3.10. The second kappa shape index (κ2) is 3.17. The quantitative estimate of drug-likeness (QED) is 0.738. The van der Waals surface area contributed by atoms with Gasteiger partial charge in [-0.05, 0) is 25.8 Å². The number of hydrogen-bond acceptors (Lipinski definition) is 4. The predicted molar refractivity (Wildman–Crippen MR) is 63.7 cm³/mol. The Morgan fingerprint density at radius 3 is 2.73 bits per heavy atom. The molecule has 0 saturated carbocycles. The van der Waals surface area contributed by atoms with Crippen LogP contribution in [0.5, 0.6) is 0 Å². The molecule has 0 spiro atoms. The number of aryl methyl sites for hydroxylation is 2. The average molecular weight is 219 g/mol. The number of fused-ring (bicyclic) bond motifs is 1. The summed E-state index contributed by atoms with van der Waals surface area (Å²) < 4.78 is 0. The van der Waals surface area contributed by atoms with Crippen LogP contribution < -0.4 is 4.90 Å². The molecule has 1 aliphatic heterocycles. The van der Waals surface area contributed by atoms with Gasteiger partial charge in [0.25, 0.3) is 0 Å². The average Bonchev–Trinajstić information content (AvgIpc) is 2.41. The number of nitrogens with zero attached hydrogens (tertiary/aromatic N) is 3. The summed E-state index contributed by atoms with van der Waals surface area (Å²) in [7, 11) is 0. The van der Waals surface area contributed by atoms with Crippen molar-refractivity contribution in [1.82, 2.24) is 9.97 Å². The summed E-state index contributed by atoms with van der Waals surface area (Å²) in [6.45, 7) is 6.60. The highest BCUT2D eigenvalue weighted by Gasteiger charge is 2.21. The predicted octanol–water partition coefficient (Wildman–Crippen LogP) is 2.52. The second-order valence-corrected chi connectivity index (χ2v) is 5.20. The van der Waals surface area contributed by atoms with E-state index in [9.17, 15) is 0 Å². The first kappa shape index (κ1) is 9.09. The van der Waals surface area contributed by atoms with Gasteiger partial charge in [-0.2, -0.15) is 0 Å². The summed E-state index contributed by atoms with van der Waals surface area (Å²) >= 11 is 1.77.